The van der Waals surface area contributed by atoms with Crippen LogP contribution < -0.4 is 16.2 Å². The lowest BCUT2D eigenvalue weighted by Gasteiger charge is -2.18. The second-order valence-electron chi connectivity index (χ2n) is 7.76. The molecule has 0 fully saturated rings. The number of fused-ring (bicyclic) bond motifs is 2. The number of anilines is 2. The molecule has 8 heteroatoms. The second-order valence-corrected chi connectivity index (χ2v) is 7.76. The van der Waals surface area contributed by atoms with Crippen molar-refractivity contribution in [3.63, 3.8) is 0 Å². The number of aromatic amines is 1. The Kier molecular flexibility index (Phi) is 4.36. The number of H-pyrrole nitrogens is 1. The van der Waals surface area contributed by atoms with E-state index in [0.29, 0.717) is 16.9 Å². The van der Waals surface area contributed by atoms with Gasteiger partial charge in [0, 0.05) is 24.6 Å². The van der Waals surface area contributed by atoms with E-state index in [4.69, 9.17) is 0 Å². The smallest absolute Gasteiger partial charge is 0.266 e. The predicted octanol–water partition coefficient (Wildman–Crippen LogP) is 2.82. The highest BCUT2D eigenvalue weighted by Crippen LogP contribution is 2.23. The van der Waals surface area contributed by atoms with Crippen molar-refractivity contribution in [3.05, 3.63) is 69.0 Å². The average molecular weight is 401 g/mol. The largest absolute Gasteiger partial charge is 0.324 e. The first-order valence-corrected chi connectivity index (χ1v) is 10.0. The first-order valence-electron chi connectivity index (χ1n) is 10.0. The third kappa shape index (κ3) is 3.05. The molecule has 0 saturated carbocycles. The first-order chi connectivity index (χ1) is 14.5. The number of pyridine rings is 1. The maximum atomic E-state index is 13.1. The van der Waals surface area contributed by atoms with Crippen LogP contribution in [0, 0.1) is 20.8 Å². The zero-order chi connectivity index (χ0) is 20.8. The summed E-state index contributed by atoms with van der Waals surface area (Å²) in [6.07, 6.45) is 4.46. The van der Waals surface area contributed by atoms with Gasteiger partial charge >= 0.3 is 0 Å². The summed E-state index contributed by atoms with van der Waals surface area (Å²) in [5, 5.41) is 14.3. The van der Waals surface area contributed by atoms with Crippen molar-refractivity contribution in [3.8, 4) is 5.69 Å². The maximum Gasteiger partial charge on any atom is 0.266 e. The molecule has 0 saturated heterocycles. The van der Waals surface area contributed by atoms with Gasteiger partial charge in [0.2, 0.25) is 5.95 Å². The van der Waals surface area contributed by atoms with Crippen molar-refractivity contribution >= 4 is 22.5 Å². The van der Waals surface area contributed by atoms with Crippen molar-refractivity contribution in [1.82, 2.24) is 30.0 Å². The molecule has 0 aliphatic carbocycles. The van der Waals surface area contributed by atoms with Crippen LogP contribution in [0.3, 0.4) is 0 Å². The van der Waals surface area contributed by atoms with E-state index in [1.807, 2.05) is 33.0 Å². The Morgan fingerprint density at radius 3 is 2.83 bits per heavy atom. The molecule has 4 aromatic rings. The van der Waals surface area contributed by atoms with E-state index >= 15 is 0 Å². The molecule has 0 unspecified atom stereocenters. The molecular formula is C22H23N7O. The van der Waals surface area contributed by atoms with E-state index in [-0.39, 0.29) is 5.56 Å². The zero-order valence-electron chi connectivity index (χ0n) is 17.2. The molecule has 5 rings (SSSR count). The number of nitrogens with one attached hydrogen (secondary N) is 3. The minimum absolute atomic E-state index is 0.158. The molecule has 1 aromatic carbocycles. The highest BCUT2D eigenvalue weighted by Gasteiger charge is 2.16. The van der Waals surface area contributed by atoms with Gasteiger partial charge in [-0.3, -0.25) is 14.5 Å². The number of aromatic nitrogens is 5. The van der Waals surface area contributed by atoms with Crippen molar-refractivity contribution in [2.24, 2.45) is 0 Å². The van der Waals surface area contributed by atoms with Crippen LogP contribution in [-0.4, -0.2) is 31.3 Å². The average Bonchev–Trinajstić information content (AvgIpc) is 3.08. The topological polar surface area (TPSA) is 101 Å². The molecular weight excluding hydrogens is 378 g/mol. The van der Waals surface area contributed by atoms with Crippen molar-refractivity contribution in [2.75, 3.05) is 11.9 Å². The van der Waals surface area contributed by atoms with Gasteiger partial charge in [0.05, 0.1) is 28.0 Å². The fraction of sp³-hybridized carbons (Fsp3) is 0.273. The van der Waals surface area contributed by atoms with Crippen molar-refractivity contribution < 1.29 is 0 Å². The van der Waals surface area contributed by atoms with Crippen LogP contribution >= 0.6 is 0 Å². The summed E-state index contributed by atoms with van der Waals surface area (Å²) in [6.45, 7) is 7.61. The van der Waals surface area contributed by atoms with Gasteiger partial charge < -0.3 is 10.6 Å². The van der Waals surface area contributed by atoms with Gasteiger partial charge in [0.25, 0.3) is 5.56 Å². The van der Waals surface area contributed by atoms with Crippen molar-refractivity contribution in [1.29, 1.82) is 0 Å². The standard InChI is InChI=1S/C22H23N7O/c1-12-11-29(20-13(2)27-28-14(20)3)21(30)18-10-24-22(26-19(12)18)25-17-5-4-15-6-7-23-9-16(15)8-17/h4-5,8,10-11,23H,6-7,9H2,1-3H3,(H,27,28)(H,24,25,26). The molecule has 8 nitrogen and oxygen atoms in total. The van der Waals surface area contributed by atoms with E-state index in [0.717, 1.165) is 47.8 Å². The lowest BCUT2D eigenvalue weighted by molar-refractivity contribution is 0.644. The lowest BCUT2D eigenvalue weighted by atomic mass is 10.0. The molecule has 0 radical (unpaired) electrons. The Balaban J connectivity index is 1.55. The van der Waals surface area contributed by atoms with E-state index in [1.54, 1.807) is 10.8 Å². The molecule has 3 aromatic heterocycles. The summed E-state index contributed by atoms with van der Waals surface area (Å²) >= 11 is 0. The molecule has 0 spiro atoms. The summed E-state index contributed by atoms with van der Waals surface area (Å²) in [5.41, 5.74) is 7.37. The van der Waals surface area contributed by atoms with E-state index < -0.39 is 0 Å². The van der Waals surface area contributed by atoms with Crippen LogP contribution in [0.4, 0.5) is 11.6 Å². The monoisotopic (exact) mass is 401 g/mol. The molecule has 1 aliphatic heterocycles. The predicted molar refractivity (Wildman–Crippen MR) is 117 cm³/mol. The highest BCUT2D eigenvalue weighted by molar-refractivity contribution is 5.81. The minimum Gasteiger partial charge on any atom is -0.324 e. The van der Waals surface area contributed by atoms with Crippen LogP contribution in [0.2, 0.25) is 0 Å². The molecule has 0 amide bonds. The number of aryl methyl sites for hydroxylation is 3. The Hall–Kier alpha value is -3.52. The fourth-order valence-electron chi connectivity index (χ4n) is 4.10. The number of rotatable bonds is 3. The van der Waals surface area contributed by atoms with E-state index in [9.17, 15) is 4.79 Å². The van der Waals surface area contributed by atoms with Crippen LogP contribution in [-0.2, 0) is 13.0 Å². The van der Waals surface area contributed by atoms with Gasteiger partial charge in [0.1, 0.15) is 0 Å². The Bertz CT molecular complexity index is 1320. The molecule has 1 aliphatic rings. The summed E-state index contributed by atoms with van der Waals surface area (Å²) in [5.74, 6) is 0.474. The molecule has 0 atom stereocenters. The second kappa shape index (κ2) is 7.07. The van der Waals surface area contributed by atoms with Gasteiger partial charge in [0.15, 0.2) is 0 Å². The number of nitrogens with zero attached hydrogens (tertiary/aromatic N) is 4. The summed E-state index contributed by atoms with van der Waals surface area (Å²) in [6, 6.07) is 6.33. The van der Waals surface area contributed by atoms with Crippen LogP contribution in [0.15, 0.2) is 35.4 Å². The fourth-order valence-corrected chi connectivity index (χ4v) is 4.10. The van der Waals surface area contributed by atoms with Crippen molar-refractivity contribution in [2.45, 2.75) is 33.7 Å². The molecule has 3 N–H and O–H groups in total. The van der Waals surface area contributed by atoms with Gasteiger partial charge in [-0.05, 0) is 62.6 Å². The number of hydrogen-bond acceptors (Lipinski definition) is 6. The van der Waals surface area contributed by atoms with Crippen LogP contribution in [0.5, 0.6) is 0 Å². The van der Waals surface area contributed by atoms with E-state index in [1.165, 1.54) is 11.1 Å². The maximum absolute atomic E-state index is 13.1. The molecule has 0 bridgehead atoms. The van der Waals surface area contributed by atoms with Gasteiger partial charge in [-0.2, -0.15) is 5.10 Å². The Morgan fingerprint density at radius 2 is 2.03 bits per heavy atom. The summed E-state index contributed by atoms with van der Waals surface area (Å²) in [7, 11) is 0. The SMILES string of the molecule is Cc1n[nH]c(C)c1-n1cc(C)c2nc(Nc3ccc4c(c3)CNCC4)ncc2c1=O. The Morgan fingerprint density at radius 1 is 1.17 bits per heavy atom. The highest BCUT2D eigenvalue weighted by atomic mass is 16.1. The quantitative estimate of drug-likeness (QED) is 0.488. The minimum atomic E-state index is -0.158. The Labute approximate surface area is 173 Å². The molecule has 30 heavy (non-hydrogen) atoms. The van der Waals surface area contributed by atoms with Crippen LogP contribution in [0.1, 0.15) is 28.1 Å². The first kappa shape index (κ1) is 18.5. The summed E-state index contributed by atoms with van der Waals surface area (Å²) in [4.78, 5) is 22.2. The lowest BCUT2D eigenvalue weighted by Crippen LogP contribution is -2.23. The number of hydrogen-bond donors (Lipinski definition) is 3. The molecule has 4 heterocycles. The normalized spacial score (nSPS) is 13.4. The van der Waals surface area contributed by atoms with E-state index in [2.05, 4.69) is 42.9 Å². The third-order valence-corrected chi connectivity index (χ3v) is 5.61. The number of benzene rings is 1. The summed E-state index contributed by atoms with van der Waals surface area (Å²) < 4.78 is 1.62. The third-order valence-electron chi connectivity index (χ3n) is 5.61. The van der Waals surface area contributed by atoms with Gasteiger partial charge in [-0.1, -0.05) is 6.07 Å². The van der Waals surface area contributed by atoms with Gasteiger partial charge in [-0.15, -0.1) is 0 Å². The zero-order valence-corrected chi connectivity index (χ0v) is 17.2. The molecule has 152 valence electrons. The van der Waals surface area contributed by atoms with Gasteiger partial charge in [-0.25, -0.2) is 9.97 Å². The van der Waals surface area contributed by atoms with Crippen LogP contribution in [0.25, 0.3) is 16.6 Å².